The second-order valence-corrected chi connectivity index (χ2v) is 6.88. The minimum absolute atomic E-state index is 0. The Morgan fingerprint density at radius 2 is 1.00 bits per heavy atom. The van der Waals surface area contributed by atoms with Crippen molar-refractivity contribution in [2.45, 2.75) is 90.9 Å². The van der Waals surface area contributed by atoms with Crippen molar-refractivity contribution in [1.29, 1.82) is 0 Å². The smallest absolute Gasteiger partial charge is 1.00 e. The second kappa shape index (κ2) is 18.2. The van der Waals surface area contributed by atoms with Crippen LogP contribution >= 0.6 is 0 Å². The van der Waals surface area contributed by atoms with Crippen LogP contribution in [0.25, 0.3) is 0 Å². The van der Waals surface area contributed by atoms with Crippen molar-refractivity contribution >= 4 is 10.4 Å². The predicted molar refractivity (Wildman–Crippen MR) is 88.7 cm³/mol. The molecule has 0 spiro atoms. The van der Waals surface area contributed by atoms with Crippen molar-refractivity contribution in [1.82, 2.24) is 0 Å². The molecule has 0 N–H and O–H groups in total. The minimum Gasteiger partial charge on any atom is -1.00 e. The Hall–Kier alpha value is 0.870. The fraction of sp³-hybridized carbons (Fsp3) is 1.00. The summed E-state index contributed by atoms with van der Waals surface area (Å²) in [5, 5.41) is 0. The topological polar surface area (TPSA) is 52.6 Å². The van der Waals surface area contributed by atoms with Crippen LogP contribution < -0.4 is 29.6 Å². The van der Waals surface area contributed by atoms with Crippen LogP contribution in [0.4, 0.5) is 0 Å². The zero-order valence-electron chi connectivity index (χ0n) is 15.9. The average molecular weight is 347 g/mol. The molecule has 0 fully saturated rings. The molecule has 0 aromatic carbocycles. The fourth-order valence-electron chi connectivity index (χ4n) is 2.09. The first-order valence-electron chi connectivity index (χ1n) is 8.66. The molecule has 0 aliphatic carbocycles. The maximum atomic E-state index is 11.3. The van der Waals surface area contributed by atoms with E-state index in [1.807, 2.05) is 6.92 Å². The molecule has 4 nitrogen and oxygen atoms in total. The van der Waals surface area contributed by atoms with Crippen molar-refractivity contribution in [2.24, 2.45) is 0 Å². The fourth-order valence-corrected chi connectivity index (χ4v) is 2.80. The van der Waals surface area contributed by atoms with Gasteiger partial charge in [0.05, 0.1) is 13.2 Å². The zero-order chi connectivity index (χ0) is 15.8. The first-order valence-corrected chi connectivity index (χ1v) is 9.99. The Bertz CT molecular complexity index is 313. The SMILES string of the molecule is CCCCCCCCCCCCOS(=O)(=O)OCCCC.[H-].[Na+]. The first-order chi connectivity index (χ1) is 10.1. The number of hydrogen-bond acceptors (Lipinski definition) is 4. The molecule has 0 radical (unpaired) electrons. The summed E-state index contributed by atoms with van der Waals surface area (Å²) in [6, 6.07) is 0. The van der Waals surface area contributed by atoms with Crippen LogP contribution in [0.5, 0.6) is 0 Å². The van der Waals surface area contributed by atoms with Gasteiger partial charge < -0.3 is 1.43 Å². The van der Waals surface area contributed by atoms with Gasteiger partial charge in [0.25, 0.3) is 0 Å². The minimum atomic E-state index is -3.76. The molecule has 0 heterocycles. The van der Waals surface area contributed by atoms with E-state index >= 15 is 0 Å². The molecule has 22 heavy (non-hydrogen) atoms. The summed E-state index contributed by atoms with van der Waals surface area (Å²) in [6.07, 6.45) is 13.8. The van der Waals surface area contributed by atoms with Gasteiger partial charge in [-0.1, -0.05) is 78.1 Å². The van der Waals surface area contributed by atoms with Crippen LogP contribution in [-0.2, 0) is 18.8 Å². The van der Waals surface area contributed by atoms with E-state index in [1.165, 1.54) is 44.9 Å². The Labute approximate surface area is 161 Å². The van der Waals surface area contributed by atoms with Gasteiger partial charge in [-0.3, -0.25) is 0 Å². The van der Waals surface area contributed by atoms with Gasteiger partial charge in [-0.15, -0.1) is 0 Å². The molecule has 0 amide bonds. The summed E-state index contributed by atoms with van der Waals surface area (Å²) in [5.41, 5.74) is 0. The van der Waals surface area contributed by atoms with E-state index in [-0.39, 0.29) is 44.2 Å². The third-order valence-corrected chi connectivity index (χ3v) is 4.36. The average Bonchev–Trinajstić information content (AvgIpc) is 2.45. The summed E-state index contributed by atoms with van der Waals surface area (Å²) in [4.78, 5) is 0. The molecule has 0 atom stereocenters. The third-order valence-electron chi connectivity index (χ3n) is 3.45. The van der Waals surface area contributed by atoms with E-state index in [1.54, 1.807) is 0 Å². The quantitative estimate of drug-likeness (QED) is 0.317. The maximum absolute atomic E-state index is 11.3. The molecule has 0 saturated carbocycles. The van der Waals surface area contributed by atoms with Gasteiger partial charge in [-0.25, -0.2) is 8.37 Å². The molecule has 0 aliphatic heterocycles. The van der Waals surface area contributed by atoms with Crippen LogP contribution in [0.2, 0.25) is 0 Å². The number of unbranched alkanes of at least 4 members (excludes halogenated alkanes) is 10. The Morgan fingerprint density at radius 1 is 0.636 bits per heavy atom. The van der Waals surface area contributed by atoms with Crippen LogP contribution in [0, 0.1) is 0 Å². The largest absolute Gasteiger partial charge is 1.00 e. The molecular weight excluding hydrogens is 311 g/mol. The predicted octanol–water partition coefficient (Wildman–Crippen LogP) is 2.10. The second-order valence-electron chi connectivity index (χ2n) is 5.59. The molecule has 0 aliphatic rings. The molecule has 6 heteroatoms. The van der Waals surface area contributed by atoms with E-state index in [9.17, 15) is 8.42 Å². The maximum Gasteiger partial charge on any atom is 1.00 e. The molecule has 0 unspecified atom stereocenters. The summed E-state index contributed by atoms with van der Waals surface area (Å²) >= 11 is 0. The van der Waals surface area contributed by atoms with Crippen molar-refractivity contribution in [3.8, 4) is 0 Å². The molecule has 130 valence electrons. The van der Waals surface area contributed by atoms with Gasteiger partial charge in [-0.2, -0.15) is 8.42 Å². The molecule has 0 rings (SSSR count). The van der Waals surface area contributed by atoms with Gasteiger partial charge in [0.1, 0.15) is 0 Å². The Kier molecular flexibility index (Phi) is 20.8. The first kappa shape index (κ1) is 25.1. The van der Waals surface area contributed by atoms with Gasteiger partial charge >= 0.3 is 40.0 Å². The van der Waals surface area contributed by atoms with Gasteiger partial charge in [0.2, 0.25) is 0 Å². The Morgan fingerprint density at radius 3 is 1.45 bits per heavy atom. The van der Waals surface area contributed by atoms with E-state index < -0.39 is 10.4 Å². The van der Waals surface area contributed by atoms with Crippen molar-refractivity contribution in [3.63, 3.8) is 0 Å². The van der Waals surface area contributed by atoms with Gasteiger partial charge in [-0.05, 0) is 12.8 Å². The Balaban J connectivity index is -0.00000200. The number of rotatable bonds is 16. The zero-order valence-corrected chi connectivity index (χ0v) is 17.8. The molecular formula is C16H35NaO4S. The molecule has 0 bridgehead atoms. The van der Waals surface area contributed by atoms with E-state index in [2.05, 4.69) is 6.92 Å². The van der Waals surface area contributed by atoms with Crippen molar-refractivity contribution in [2.75, 3.05) is 13.2 Å². The van der Waals surface area contributed by atoms with E-state index in [0.29, 0.717) is 0 Å². The standard InChI is InChI=1S/C16H34O4S.Na.H/c1-3-5-7-8-9-10-11-12-13-14-16-20-21(17,18)19-15-6-4-2;;/h3-16H2,1-2H3;;/q;+1;-1. The van der Waals surface area contributed by atoms with Crippen molar-refractivity contribution < 1.29 is 47.8 Å². The summed E-state index contributed by atoms with van der Waals surface area (Å²) in [5.74, 6) is 0. The van der Waals surface area contributed by atoms with Crippen LogP contribution in [0.15, 0.2) is 0 Å². The van der Waals surface area contributed by atoms with Gasteiger partial charge in [0.15, 0.2) is 0 Å². The third kappa shape index (κ3) is 18.9. The monoisotopic (exact) mass is 346 g/mol. The van der Waals surface area contributed by atoms with Crippen LogP contribution in [0.3, 0.4) is 0 Å². The van der Waals surface area contributed by atoms with Crippen LogP contribution in [0.1, 0.15) is 92.3 Å². The summed E-state index contributed by atoms with van der Waals surface area (Å²) < 4.78 is 32.2. The van der Waals surface area contributed by atoms with Gasteiger partial charge in [0, 0.05) is 0 Å². The summed E-state index contributed by atoms with van der Waals surface area (Å²) in [7, 11) is -3.76. The van der Waals surface area contributed by atoms with Crippen LogP contribution in [-0.4, -0.2) is 21.6 Å². The normalized spacial score (nSPS) is 11.4. The number of hydrogen-bond donors (Lipinski definition) is 0. The molecule has 0 aromatic rings. The summed E-state index contributed by atoms with van der Waals surface area (Å²) in [6.45, 7) is 4.68. The van der Waals surface area contributed by atoms with Crippen molar-refractivity contribution in [3.05, 3.63) is 0 Å². The van der Waals surface area contributed by atoms with E-state index in [0.717, 1.165) is 32.1 Å². The van der Waals surface area contributed by atoms with E-state index in [4.69, 9.17) is 8.37 Å². The molecule has 0 aromatic heterocycles. The molecule has 0 saturated heterocycles.